The van der Waals surface area contributed by atoms with Crippen LogP contribution in [0.4, 0.5) is 0 Å². The van der Waals surface area contributed by atoms with Crippen LogP contribution < -0.4 is 11.1 Å². The fourth-order valence-corrected chi connectivity index (χ4v) is 3.77. The standard InChI is InChI=1S/C16H31N3O/c1-12-5-7-14(8-6-12)18-16(20)11-19-9-3-4-13(2)15(19)10-17/h12-15H,3-11,17H2,1-2H3,(H,18,20). The van der Waals surface area contributed by atoms with Crippen molar-refractivity contribution < 1.29 is 4.79 Å². The Labute approximate surface area is 123 Å². The first-order chi connectivity index (χ1) is 9.60. The smallest absolute Gasteiger partial charge is 0.234 e. The second kappa shape index (κ2) is 7.41. The lowest BCUT2D eigenvalue weighted by molar-refractivity contribution is -0.124. The third-order valence-corrected chi connectivity index (χ3v) is 5.20. The lowest BCUT2D eigenvalue weighted by Crippen LogP contribution is -2.53. The van der Waals surface area contributed by atoms with E-state index in [2.05, 4.69) is 24.1 Å². The lowest BCUT2D eigenvalue weighted by Gasteiger charge is -2.39. The van der Waals surface area contributed by atoms with Gasteiger partial charge in [0.15, 0.2) is 0 Å². The zero-order valence-electron chi connectivity index (χ0n) is 13.1. The second-order valence-corrected chi connectivity index (χ2v) is 6.92. The predicted molar refractivity (Wildman–Crippen MR) is 82.4 cm³/mol. The summed E-state index contributed by atoms with van der Waals surface area (Å²) in [6.45, 7) is 6.76. The van der Waals surface area contributed by atoms with Crippen molar-refractivity contribution in [2.45, 2.75) is 64.5 Å². The van der Waals surface area contributed by atoms with Crippen molar-refractivity contribution in [3.05, 3.63) is 0 Å². The summed E-state index contributed by atoms with van der Waals surface area (Å²) in [4.78, 5) is 14.5. The first-order valence-corrected chi connectivity index (χ1v) is 8.33. The number of nitrogens with zero attached hydrogens (tertiary/aromatic N) is 1. The highest BCUT2D eigenvalue weighted by Gasteiger charge is 2.29. The summed E-state index contributed by atoms with van der Waals surface area (Å²) < 4.78 is 0. The molecule has 4 nitrogen and oxygen atoms in total. The van der Waals surface area contributed by atoms with Crippen molar-refractivity contribution >= 4 is 5.91 Å². The Morgan fingerprint density at radius 2 is 1.90 bits per heavy atom. The normalized spacial score (nSPS) is 35.8. The van der Waals surface area contributed by atoms with Gasteiger partial charge >= 0.3 is 0 Å². The maximum atomic E-state index is 12.2. The van der Waals surface area contributed by atoms with Crippen molar-refractivity contribution in [1.29, 1.82) is 0 Å². The lowest BCUT2D eigenvalue weighted by atomic mass is 9.87. The summed E-state index contributed by atoms with van der Waals surface area (Å²) in [5.41, 5.74) is 5.89. The van der Waals surface area contributed by atoms with Crippen LogP contribution in [0.3, 0.4) is 0 Å². The first kappa shape index (κ1) is 15.8. The van der Waals surface area contributed by atoms with Crippen LogP contribution in [0.5, 0.6) is 0 Å². The highest BCUT2D eigenvalue weighted by atomic mass is 16.2. The summed E-state index contributed by atoms with van der Waals surface area (Å²) >= 11 is 0. The Bertz CT molecular complexity index is 313. The average Bonchev–Trinajstić information content (AvgIpc) is 2.42. The highest BCUT2D eigenvalue weighted by molar-refractivity contribution is 5.78. The molecule has 0 aromatic heterocycles. The number of amides is 1. The molecule has 2 aliphatic rings. The molecule has 0 aromatic carbocycles. The largest absolute Gasteiger partial charge is 0.352 e. The van der Waals surface area contributed by atoms with Gasteiger partial charge in [0.05, 0.1) is 6.54 Å². The summed E-state index contributed by atoms with van der Waals surface area (Å²) in [6.07, 6.45) is 7.20. The molecule has 4 heteroatoms. The SMILES string of the molecule is CC1CCC(NC(=O)CN2CCCC(C)C2CN)CC1. The molecule has 0 spiro atoms. The summed E-state index contributed by atoms with van der Waals surface area (Å²) in [6, 6.07) is 0.776. The molecule has 2 atom stereocenters. The van der Waals surface area contributed by atoms with Gasteiger partial charge in [-0.25, -0.2) is 0 Å². The maximum absolute atomic E-state index is 12.2. The van der Waals surface area contributed by atoms with Gasteiger partial charge < -0.3 is 11.1 Å². The number of nitrogens with two attached hydrogens (primary N) is 1. The number of nitrogens with one attached hydrogen (secondary N) is 1. The molecule has 0 radical (unpaired) electrons. The van der Waals surface area contributed by atoms with Gasteiger partial charge in [-0.15, -0.1) is 0 Å². The van der Waals surface area contributed by atoms with Crippen molar-refractivity contribution in [3.8, 4) is 0 Å². The van der Waals surface area contributed by atoms with E-state index in [0.717, 1.165) is 25.3 Å². The first-order valence-electron chi connectivity index (χ1n) is 8.33. The van der Waals surface area contributed by atoms with Gasteiger partial charge in [0.1, 0.15) is 0 Å². The van der Waals surface area contributed by atoms with E-state index in [1.54, 1.807) is 0 Å². The van der Waals surface area contributed by atoms with Gasteiger partial charge in [0.2, 0.25) is 5.91 Å². The van der Waals surface area contributed by atoms with Crippen LogP contribution in [0.25, 0.3) is 0 Å². The molecule has 1 heterocycles. The topological polar surface area (TPSA) is 58.4 Å². The highest BCUT2D eigenvalue weighted by Crippen LogP contribution is 2.24. The number of carbonyl (C=O) groups is 1. The zero-order valence-corrected chi connectivity index (χ0v) is 13.1. The molecule has 1 aliphatic heterocycles. The third-order valence-electron chi connectivity index (χ3n) is 5.20. The summed E-state index contributed by atoms with van der Waals surface area (Å²) in [5, 5.41) is 3.22. The van der Waals surface area contributed by atoms with Gasteiger partial charge in [-0.05, 0) is 56.9 Å². The van der Waals surface area contributed by atoms with E-state index in [-0.39, 0.29) is 5.91 Å². The van der Waals surface area contributed by atoms with Gasteiger partial charge in [0, 0.05) is 18.6 Å². The number of piperidine rings is 1. The van der Waals surface area contributed by atoms with Crippen molar-refractivity contribution in [3.63, 3.8) is 0 Å². The third kappa shape index (κ3) is 4.19. The van der Waals surface area contributed by atoms with E-state index in [1.165, 1.54) is 25.7 Å². The van der Waals surface area contributed by atoms with Crippen LogP contribution in [-0.4, -0.2) is 42.5 Å². The van der Waals surface area contributed by atoms with E-state index in [1.807, 2.05) is 0 Å². The molecule has 2 rings (SSSR count). The van der Waals surface area contributed by atoms with E-state index < -0.39 is 0 Å². The van der Waals surface area contributed by atoms with E-state index in [0.29, 0.717) is 31.1 Å². The average molecular weight is 281 g/mol. The Morgan fingerprint density at radius 3 is 2.55 bits per heavy atom. The molecule has 116 valence electrons. The van der Waals surface area contributed by atoms with Crippen LogP contribution in [-0.2, 0) is 4.79 Å². The van der Waals surface area contributed by atoms with E-state index >= 15 is 0 Å². The van der Waals surface area contributed by atoms with Crippen LogP contribution in [0.2, 0.25) is 0 Å². The quantitative estimate of drug-likeness (QED) is 0.825. The summed E-state index contributed by atoms with van der Waals surface area (Å²) in [5.74, 6) is 1.63. The number of carbonyl (C=O) groups excluding carboxylic acids is 1. The second-order valence-electron chi connectivity index (χ2n) is 6.92. The van der Waals surface area contributed by atoms with Crippen LogP contribution in [0.15, 0.2) is 0 Å². The van der Waals surface area contributed by atoms with E-state index in [9.17, 15) is 4.79 Å². The Morgan fingerprint density at radius 1 is 1.20 bits per heavy atom. The predicted octanol–water partition coefficient (Wildman–Crippen LogP) is 1.74. The molecule has 20 heavy (non-hydrogen) atoms. The van der Waals surface area contributed by atoms with Crippen LogP contribution in [0, 0.1) is 11.8 Å². The molecule has 2 fully saturated rings. The molecule has 2 unspecified atom stereocenters. The van der Waals surface area contributed by atoms with Crippen molar-refractivity contribution in [1.82, 2.24) is 10.2 Å². The summed E-state index contributed by atoms with van der Waals surface area (Å²) in [7, 11) is 0. The number of hydrogen-bond donors (Lipinski definition) is 2. The van der Waals surface area contributed by atoms with Crippen LogP contribution >= 0.6 is 0 Å². The fraction of sp³-hybridized carbons (Fsp3) is 0.938. The van der Waals surface area contributed by atoms with Crippen molar-refractivity contribution in [2.75, 3.05) is 19.6 Å². The molecule has 0 aromatic rings. The fourth-order valence-electron chi connectivity index (χ4n) is 3.77. The molecule has 1 saturated carbocycles. The molecule has 1 saturated heterocycles. The van der Waals surface area contributed by atoms with Gasteiger partial charge in [0.25, 0.3) is 0 Å². The Hall–Kier alpha value is -0.610. The number of likely N-dealkylation sites (tertiary alicyclic amines) is 1. The minimum absolute atomic E-state index is 0.192. The maximum Gasteiger partial charge on any atom is 0.234 e. The monoisotopic (exact) mass is 281 g/mol. The number of rotatable bonds is 4. The molecule has 0 bridgehead atoms. The molecule has 3 N–H and O–H groups in total. The Balaban J connectivity index is 1.78. The number of hydrogen-bond acceptors (Lipinski definition) is 3. The van der Waals surface area contributed by atoms with Gasteiger partial charge in [-0.1, -0.05) is 13.8 Å². The van der Waals surface area contributed by atoms with Crippen LogP contribution in [0.1, 0.15) is 52.4 Å². The van der Waals surface area contributed by atoms with E-state index in [4.69, 9.17) is 5.73 Å². The van der Waals surface area contributed by atoms with Crippen molar-refractivity contribution in [2.24, 2.45) is 17.6 Å². The minimum Gasteiger partial charge on any atom is -0.352 e. The molecule has 1 amide bonds. The van der Waals surface area contributed by atoms with Gasteiger partial charge in [-0.2, -0.15) is 0 Å². The minimum atomic E-state index is 0.192. The molecular formula is C16H31N3O. The van der Waals surface area contributed by atoms with Gasteiger partial charge in [-0.3, -0.25) is 9.69 Å². The molecule has 1 aliphatic carbocycles. The molecular weight excluding hydrogens is 250 g/mol. The Kier molecular flexibility index (Phi) is 5.85. The zero-order chi connectivity index (χ0) is 14.5.